The van der Waals surface area contributed by atoms with Gasteiger partial charge < -0.3 is 19.8 Å². The maximum Gasteiger partial charge on any atom is 0.192 e. The molecule has 1 aliphatic rings. The minimum Gasteiger partial charge on any atom is -0.382 e. The van der Waals surface area contributed by atoms with Crippen LogP contribution in [-0.4, -0.2) is 32.2 Å². The highest BCUT2D eigenvalue weighted by Crippen LogP contribution is 2.36. The lowest BCUT2D eigenvalue weighted by Gasteiger charge is -2.15. The number of hydrogen-bond acceptors (Lipinski definition) is 7. The summed E-state index contributed by atoms with van der Waals surface area (Å²) in [6, 6.07) is 0. The molecule has 3 heterocycles. The number of nitrogen functional groups attached to an aromatic ring is 1. The first-order valence-corrected chi connectivity index (χ1v) is 10.5. The van der Waals surface area contributed by atoms with Crippen molar-refractivity contribution in [1.82, 2.24) is 19.5 Å². The van der Waals surface area contributed by atoms with Crippen LogP contribution in [0.15, 0.2) is 24.6 Å². The van der Waals surface area contributed by atoms with Crippen LogP contribution in [0.2, 0.25) is 0 Å². The summed E-state index contributed by atoms with van der Waals surface area (Å²) in [4.78, 5) is 11.9. The van der Waals surface area contributed by atoms with E-state index < -0.39 is 23.8 Å². The second-order valence-corrected chi connectivity index (χ2v) is 8.77. The summed E-state index contributed by atoms with van der Waals surface area (Å²) >= 11 is 1.77. The zero-order chi connectivity index (χ0) is 15.0. The largest absolute Gasteiger partial charge is 0.382 e. The molecule has 1 aliphatic heterocycles. The van der Waals surface area contributed by atoms with Gasteiger partial charge in [0.1, 0.15) is 18.2 Å². The van der Waals surface area contributed by atoms with E-state index in [4.69, 9.17) is 15.2 Å². The molecular weight excluding hydrogens is 415 g/mol. The van der Waals surface area contributed by atoms with Gasteiger partial charge in [-0.3, -0.25) is 4.57 Å². The van der Waals surface area contributed by atoms with Crippen LogP contribution in [0.1, 0.15) is 6.23 Å². The number of aromatic nitrogens is 4. The van der Waals surface area contributed by atoms with Crippen molar-refractivity contribution < 1.29 is 18.4 Å². The lowest BCUT2D eigenvalue weighted by molar-refractivity contribution is -0.127. The number of nitrogens with zero attached hydrogens (tertiary/aromatic N) is 4. The van der Waals surface area contributed by atoms with Crippen molar-refractivity contribution in [3.8, 4) is 0 Å². The van der Waals surface area contributed by atoms with E-state index in [1.165, 1.54) is 23.3 Å². The third-order valence-corrected chi connectivity index (χ3v) is 4.12. The van der Waals surface area contributed by atoms with E-state index in [-0.39, 0.29) is 12.2 Å². The molecule has 2 N–H and O–H groups in total. The highest BCUT2D eigenvalue weighted by molar-refractivity contribution is 14.2. The second kappa shape index (κ2) is 5.95. The maximum atomic E-state index is 14.0. The van der Waals surface area contributed by atoms with Crippen LogP contribution in [0.5, 0.6) is 0 Å². The molecule has 112 valence electrons. The summed E-state index contributed by atoms with van der Waals surface area (Å²) in [6.45, 7) is 0. The van der Waals surface area contributed by atoms with Crippen LogP contribution in [0.4, 0.5) is 10.2 Å². The van der Waals surface area contributed by atoms with Gasteiger partial charge in [-0.15, -0.1) is 0 Å². The summed E-state index contributed by atoms with van der Waals surface area (Å²) in [5.74, 6) is -0.331. The lowest BCUT2D eigenvalue weighted by Crippen LogP contribution is -2.15. The number of halogens is 2. The van der Waals surface area contributed by atoms with Crippen molar-refractivity contribution in [1.29, 1.82) is 0 Å². The minimum absolute atomic E-state index is 0.0200. The van der Waals surface area contributed by atoms with Crippen molar-refractivity contribution in [2.45, 2.75) is 12.5 Å². The zero-order valence-corrected chi connectivity index (χ0v) is 13.6. The maximum absolute atomic E-state index is 14.0. The molecule has 21 heavy (non-hydrogen) atoms. The highest BCUT2D eigenvalue weighted by Gasteiger charge is 2.31. The second-order valence-electron chi connectivity index (χ2n) is 4.16. The van der Waals surface area contributed by atoms with E-state index >= 15 is 0 Å². The molecule has 2 aromatic rings. The lowest BCUT2D eigenvalue weighted by atomic mass is 10.4. The van der Waals surface area contributed by atoms with E-state index in [0.717, 1.165) is 0 Å². The average molecular weight is 425 g/mol. The molecule has 8 nitrogen and oxygen atoms in total. The van der Waals surface area contributed by atoms with E-state index in [1.54, 1.807) is 22.0 Å². The average Bonchev–Trinajstić information content (AvgIpc) is 3.01. The van der Waals surface area contributed by atoms with Gasteiger partial charge in [0.05, 0.1) is 6.33 Å². The zero-order valence-electron chi connectivity index (χ0n) is 10.4. The molecule has 0 radical (unpaired) electrons. The van der Waals surface area contributed by atoms with Gasteiger partial charge in [0.2, 0.25) is 0 Å². The van der Waals surface area contributed by atoms with E-state index in [0.29, 0.717) is 11.2 Å². The number of fused-ring (bicyclic) bond motifs is 1. The van der Waals surface area contributed by atoms with Crippen LogP contribution in [0, 0.1) is 0 Å². The predicted octanol–water partition coefficient (Wildman–Crippen LogP) is 2.00. The third kappa shape index (κ3) is 2.93. The Morgan fingerprint density at radius 1 is 1.52 bits per heavy atom. The van der Waals surface area contributed by atoms with Gasteiger partial charge in [0.25, 0.3) is 0 Å². The van der Waals surface area contributed by atoms with Crippen molar-refractivity contribution in [2.75, 3.05) is 12.1 Å². The fourth-order valence-corrected chi connectivity index (χ4v) is 2.75. The molecule has 0 saturated heterocycles. The Kier molecular flexibility index (Phi) is 4.20. The van der Waals surface area contributed by atoms with Gasteiger partial charge in [-0.25, -0.2) is 19.3 Å². The SMILES string of the molecule is Nc1ncnc2c1ncn2[C@@H]1O[C@H](OC[PH](=O)I)C=C1F. The Balaban J connectivity index is 1.85. The monoisotopic (exact) mass is 425 g/mol. The van der Waals surface area contributed by atoms with Crippen LogP contribution >= 0.6 is 27.5 Å². The highest BCUT2D eigenvalue weighted by atomic mass is 127. The molecule has 0 fully saturated rings. The number of hydrogen-bond donors (Lipinski definition) is 1. The number of rotatable bonds is 4. The first kappa shape index (κ1) is 14.8. The summed E-state index contributed by atoms with van der Waals surface area (Å²) < 4.78 is 37.1. The molecule has 0 bridgehead atoms. The summed E-state index contributed by atoms with van der Waals surface area (Å²) in [5.41, 5.74) is 4.57. The first-order chi connectivity index (χ1) is 10.1. The minimum atomic E-state index is -1.84. The number of ether oxygens (including phenoxy) is 2. The van der Waals surface area contributed by atoms with Crippen molar-refractivity contribution >= 4 is 44.5 Å². The normalized spacial score (nSPS) is 23.4. The Morgan fingerprint density at radius 2 is 2.33 bits per heavy atom. The van der Waals surface area contributed by atoms with E-state index in [1.807, 2.05) is 0 Å². The molecule has 1 unspecified atom stereocenters. The number of anilines is 1. The summed E-state index contributed by atoms with van der Waals surface area (Å²) in [5, 5.41) is 0. The standard InChI is InChI=1S/C10H10FIN5O3P/c11-5-1-6(19-4-21(12)18)20-10(5)17-3-16-7-8(13)14-2-15-9(7)17/h1-3,6,10,21H,4H2,(H2,13,14,15)/t6-,10+/m0/s1. The first-order valence-electron chi connectivity index (χ1n) is 5.82. The topological polar surface area (TPSA) is 105 Å². The van der Waals surface area contributed by atoms with Gasteiger partial charge in [-0.1, -0.05) is 0 Å². The van der Waals surface area contributed by atoms with Crippen molar-refractivity contribution in [3.05, 3.63) is 24.6 Å². The molecule has 0 amide bonds. The third-order valence-electron chi connectivity index (χ3n) is 2.80. The Hall–Kier alpha value is -1.10. The fraction of sp³-hybridized carbons (Fsp3) is 0.300. The summed E-state index contributed by atoms with van der Waals surface area (Å²) in [6.07, 6.45) is 1.91. The van der Waals surface area contributed by atoms with Gasteiger partial charge in [-0.05, 0) is 22.0 Å². The van der Waals surface area contributed by atoms with Crippen molar-refractivity contribution in [3.63, 3.8) is 0 Å². The molecule has 3 rings (SSSR count). The van der Waals surface area contributed by atoms with Crippen LogP contribution in [-0.2, 0) is 14.0 Å². The molecule has 0 aliphatic carbocycles. The van der Waals surface area contributed by atoms with E-state index in [9.17, 15) is 8.96 Å². The molecular formula is C10H10FIN5O3P. The van der Waals surface area contributed by atoms with Gasteiger partial charge in [-0.2, -0.15) is 0 Å². The molecule has 11 heteroatoms. The van der Waals surface area contributed by atoms with E-state index in [2.05, 4.69) is 15.0 Å². The number of nitrogens with two attached hydrogens (primary N) is 1. The van der Waals surface area contributed by atoms with Crippen LogP contribution in [0.25, 0.3) is 11.2 Å². The van der Waals surface area contributed by atoms with Gasteiger partial charge >= 0.3 is 0 Å². The molecule has 0 saturated carbocycles. The fourth-order valence-electron chi connectivity index (χ4n) is 1.92. The Bertz CT molecular complexity index is 739. The number of imidazole rings is 1. The van der Waals surface area contributed by atoms with Crippen LogP contribution < -0.4 is 5.73 Å². The van der Waals surface area contributed by atoms with Crippen LogP contribution in [0.3, 0.4) is 0 Å². The van der Waals surface area contributed by atoms with Gasteiger partial charge in [0, 0.05) is 6.08 Å². The van der Waals surface area contributed by atoms with Crippen molar-refractivity contribution in [2.24, 2.45) is 0 Å². The molecule has 0 spiro atoms. The Labute approximate surface area is 131 Å². The molecule has 3 atom stereocenters. The predicted molar refractivity (Wildman–Crippen MR) is 81.8 cm³/mol. The quantitative estimate of drug-likeness (QED) is 0.590. The van der Waals surface area contributed by atoms with Gasteiger partial charge in [0.15, 0.2) is 35.3 Å². The smallest absolute Gasteiger partial charge is 0.192 e. The Morgan fingerprint density at radius 3 is 3.10 bits per heavy atom. The molecule has 0 aromatic carbocycles. The molecule has 2 aromatic heterocycles. The summed E-state index contributed by atoms with van der Waals surface area (Å²) in [7, 11) is 0.